The monoisotopic (exact) mass is 335 g/mol. The first-order valence-corrected chi connectivity index (χ1v) is 8.70. The average Bonchev–Trinajstić information content (AvgIpc) is 3.06. The predicted octanol–water partition coefficient (Wildman–Crippen LogP) is 2.53. The number of nitrogens with zero attached hydrogens (tertiary/aromatic N) is 2. The minimum atomic E-state index is -0.117. The number of aryl methyl sites for hydroxylation is 1. The highest BCUT2D eigenvalue weighted by molar-refractivity contribution is 5.78. The van der Waals surface area contributed by atoms with E-state index in [2.05, 4.69) is 34.6 Å². The first kappa shape index (κ1) is 15.8. The van der Waals surface area contributed by atoms with Crippen molar-refractivity contribution in [3.05, 3.63) is 70.0 Å². The fraction of sp³-hybridized carbons (Fsp3) is 0.300. The van der Waals surface area contributed by atoms with Crippen LogP contribution in [0, 0.1) is 0 Å². The standard InChI is InChI=1S/C20H21N3O2/c24-12-11-23-19(25)17-7-3-4-8-18(17)22-20(23)21-13-15-10-9-14-5-1-2-6-16(14)15/h1-8,15,24H,9-13H2,(H,21,22). The molecule has 1 atom stereocenters. The number of nitrogens with one attached hydrogen (secondary N) is 1. The van der Waals surface area contributed by atoms with Crippen molar-refractivity contribution in [2.45, 2.75) is 25.3 Å². The lowest BCUT2D eigenvalue weighted by Gasteiger charge is -2.17. The largest absolute Gasteiger partial charge is 0.395 e. The molecular weight excluding hydrogens is 314 g/mol. The summed E-state index contributed by atoms with van der Waals surface area (Å²) in [4.78, 5) is 17.3. The van der Waals surface area contributed by atoms with Crippen LogP contribution in [0.2, 0.25) is 0 Å². The molecule has 1 aromatic heterocycles. The van der Waals surface area contributed by atoms with E-state index in [1.54, 1.807) is 6.07 Å². The zero-order chi connectivity index (χ0) is 17.2. The van der Waals surface area contributed by atoms with Gasteiger partial charge in [0.15, 0.2) is 0 Å². The molecule has 1 unspecified atom stereocenters. The lowest BCUT2D eigenvalue weighted by Crippen LogP contribution is -2.27. The summed E-state index contributed by atoms with van der Waals surface area (Å²) in [7, 11) is 0. The topological polar surface area (TPSA) is 67.2 Å². The number of hydrogen-bond acceptors (Lipinski definition) is 4. The number of anilines is 1. The van der Waals surface area contributed by atoms with E-state index in [0.717, 1.165) is 19.4 Å². The van der Waals surface area contributed by atoms with E-state index < -0.39 is 0 Å². The van der Waals surface area contributed by atoms with E-state index in [-0.39, 0.29) is 18.7 Å². The number of aromatic nitrogens is 2. The normalized spacial score (nSPS) is 16.1. The third-order valence-electron chi connectivity index (χ3n) is 4.95. The molecule has 0 fully saturated rings. The summed E-state index contributed by atoms with van der Waals surface area (Å²) in [5, 5.41) is 13.3. The second kappa shape index (κ2) is 6.69. The molecule has 0 aliphatic heterocycles. The van der Waals surface area contributed by atoms with Gasteiger partial charge in [-0.2, -0.15) is 0 Å². The summed E-state index contributed by atoms with van der Waals surface area (Å²) in [5.41, 5.74) is 3.35. The van der Waals surface area contributed by atoms with Crippen molar-refractivity contribution in [1.29, 1.82) is 0 Å². The fourth-order valence-corrected chi connectivity index (χ4v) is 3.68. The lowest BCUT2D eigenvalue weighted by atomic mass is 10.0. The van der Waals surface area contributed by atoms with Gasteiger partial charge in [-0.3, -0.25) is 9.36 Å². The van der Waals surface area contributed by atoms with Gasteiger partial charge in [0.05, 0.1) is 24.1 Å². The van der Waals surface area contributed by atoms with Crippen molar-refractivity contribution in [2.75, 3.05) is 18.5 Å². The van der Waals surface area contributed by atoms with Crippen LogP contribution in [0.15, 0.2) is 53.3 Å². The Bertz CT molecular complexity index is 965. The van der Waals surface area contributed by atoms with Crippen LogP contribution in [0.4, 0.5) is 5.95 Å². The molecule has 1 aliphatic rings. The SMILES string of the molecule is O=c1c2ccccc2nc(NCC2CCc3ccccc32)n1CCO. The minimum absolute atomic E-state index is 0.0964. The Morgan fingerprint density at radius 3 is 2.84 bits per heavy atom. The average molecular weight is 335 g/mol. The van der Waals surface area contributed by atoms with Crippen molar-refractivity contribution in [3.63, 3.8) is 0 Å². The molecule has 4 rings (SSSR count). The summed E-state index contributed by atoms with van der Waals surface area (Å²) >= 11 is 0. The van der Waals surface area contributed by atoms with E-state index in [1.165, 1.54) is 15.7 Å². The van der Waals surface area contributed by atoms with Gasteiger partial charge in [0.25, 0.3) is 5.56 Å². The number of hydrogen-bond donors (Lipinski definition) is 2. The first-order valence-electron chi connectivity index (χ1n) is 8.70. The summed E-state index contributed by atoms with van der Waals surface area (Å²) in [5.74, 6) is 0.948. The molecule has 0 bridgehead atoms. The molecule has 1 aliphatic carbocycles. The molecule has 1 heterocycles. The first-order chi connectivity index (χ1) is 12.3. The zero-order valence-electron chi connectivity index (χ0n) is 14.0. The molecule has 128 valence electrons. The molecule has 3 aromatic rings. The molecule has 25 heavy (non-hydrogen) atoms. The Hall–Kier alpha value is -2.66. The molecule has 0 amide bonds. The van der Waals surface area contributed by atoms with Crippen molar-refractivity contribution in [2.24, 2.45) is 0 Å². The second-order valence-electron chi connectivity index (χ2n) is 6.45. The van der Waals surface area contributed by atoms with Crippen LogP contribution in [0.25, 0.3) is 10.9 Å². The Morgan fingerprint density at radius 2 is 1.96 bits per heavy atom. The van der Waals surface area contributed by atoms with Crippen LogP contribution < -0.4 is 10.9 Å². The van der Waals surface area contributed by atoms with Crippen molar-refractivity contribution in [3.8, 4) is 0 Å². The Morgan fingerprint density at radius 1 is 1.16 bits per heavy atom. The van der Waals surface area contributed by atoms with Gasteiger partial charge in [-0.05, 0) is 36.1 Å². The molecule has 0 saturated heterocycles. The van der Waals surface area contributed by atoms with Crippen molar-refractivity contribution in [1.82, 2.24) is 9.55 Å². The number of aliphatic hydroxyl groups excluding tert-OH is 1. The van der Waals surface area contributed by atoms with Gasteiger partial charge >= 0.3 is 0 Å². The van der Waals surface area contributed by atoms with Crippen LogP contribution in [-0.4, -0.2) is 27.8 Å². The van der Waals surface area contributed by atoms with E-state index >= 15 is 0 Å². The maximum absolute atomic E-state index is 12.7. The molecular formula is C20H21N3O2. The van der Waals surface area contributed by atoms with Gasteiger partial charge in [-0.15, -0.1) is 0 Å². The predicted molar refractivity (Wildman–Crippen MR) is 99.1 cm³/mol. The van der Waals surface area contributed by atoms with Gasteiger partial charge < -0.3 is 10.4 Å². The summed E-state index contributed by atoms with van der Waals surface area (Å²) in [6, 6.07) is 15.9. The molecule has 2 N–H and O–H groups in total. The van der Waals surface area contributed by atoms with E-state index in [4.69, 9.17) is 0 Å². The number of para-hydroxylation sites is 1. The Labute approximate surface area is 146 Å². The summed E-state index contributed by atoms with van der Waals surface area (Å²) in [6.45, 7) is 0.869. The highest BCUT2D eigenvalue weighted by atomic mass is 16.3. The molecule has 2 aromatic carbocycles. The Balaban J connectivity index is 1.65. The van der Waals surface area contributed by atoms with Gasteiger partial charge in [-0.1, -0.05) is 36.4 Å². The molecule has 5 heteroatoms. The van der Waals surface area contributed by atoms with E-state index in [0.29, 0.717) is 22.8 Å². The Kier molecular flexibility index (Phi) is 4.24. The van der Waals surface area contributed by atoms with E-state index in [1.807, 2.05) is 18.2 Å². The van der Waals surface area contributed by atoms with Gasteiger partial charge in [0, 0.05) is 12.5 Å². The number of rotatable bonds is 5. The maximum Gasteiger partial charge on any atom is 0.262 e. The third-order valence-corrected chi connectivity index (χ3v) is 4.95. The molecule has 0 radical (unpaired) electrons. The van der Waals surface area contributed by atoms with Crippen LogP contribution >= 0.6 is 0 Å². The van der Waals surface area contributed by atoms with Crippen LogP contribution in [-0.2, 0) is 13.0 Å². The molecule has 0 spiro atoms. The minimum Gasteiger partial charge on any atom is -0.395 e. The summed E-state index contributed by atoms with van der Waals surface area (Å²) in [6.07, 6.45) is 2.20. The van der Waals surface area contributed by atoms with Gasteiger partial charge in [0.2, 0.25) is 5.95 Å². The quantitative estimate of drug-likeness (QED) is 0.752. The maximum atomic E-state index is 12.7. The van der Waals surface area contributed by atoms with Crippen molar-refractivity contribution >= 4 is 16.9 Å². The van der Waals surface area contributed by atoms with Gasteiger partial charge in [0.1, 0.15) is 0 Å². The van der Waals surface area contributed by atoms with Crippen LogP contribution in [0.5, 0.6) is 0 Å². The second-order valence-corrected chi connectivity index (χ2v) is 6.45. The highest BCUT2D eigenvalue weighted by Gasteiger charge is 2.22. The molecule has 0 saturated carbocycles. The smallest absolute Gasteiger partial charge is 0.262 e. The van der Waals surface area contributed by atoms with Gasteiger partial charge in [-0.25, -0.2) is 4.98 Å². The molecule has 5 nitrogen and oxygen atoms in total. The van der Waals surface area contributed by atoms with Crippen LogP contribution in [0.1, 0.15) is 23.5 Å². The third kappa shape index (κ3) is 2.91. The number of fused-ring (bicyclic) bond motifs is 2. The van der Waals surface area contributed by atoms with Crippen molar-refractivity contribution < 1.29 is 5.11 Å². The zero-order valence-corrected chi connectivity index (χ0v) is 14.0. The summed E-state index contributed by atoms with van der Waals surface area (Å²) < 4.78 is 1.53. The highest BCUT2D eigenvalue weighted by Crippen LogP contribution is 2.32. The number of aliphatic hydroxyl groups is 1. The number of benzene rings is 2. The lowest BCUT2D eigenvalue weighted by molar-refractivity contribution is 0.275. The fourth-order valence-electron chi connectivity index (χ4n) is 3.68. The van der Waals surface area contributed by atoms with Crippen LogP contribution in [0.3, 0.4) is 0 Å². The van der Waals surface area contributed by atoms with E-state index in [9.17, 15) is 9.90 Å².